The maximum atomic E-state index is 11.9. The fourth-order valence-electron chi connectivity index (χ4n) is 4.15. The maximum Gasteiger partial charge on any atom is 0.294 e. The Kier molecular flexibility index (Phi) is 5.89. The van der Waals surface area contributed by atoms with Crippen molar-refractivity contribution in [1.82, 2.24) is 0 Å². The SMILES string of the molecule is CC(C)c1cc(S(=O)(=O)O)cc(C(C)C)c1N=Cc1c2ccccc2cc2ccccc12. The van der Waals surface area contributed by atoms with E-state index >= 15 is 0 Å². The third-order valence-electron chi connectivity index (χ3n) is 5.82. The summed E-state index contributed by atoms with van der Waals surface area (Å²) in [6.07, 6.45) is 1.89. The quantitative estimate of drug-likeness (QED) is 0.200. The molecule has 0 aliphatic carbocycles. The Morgan fingerprint density at radius 2 is 1.25 bits per heavy atom. The van der Waals surface area contributed by atoms with E-state index in [0.717, 1.165) is 43.9 Å². The predicted molar refractivity (Wildman–Crippen MR) is 133 cm³/mol. The predicted octanol–water partition coefficient (Wildman–Crippen LogP) is 7.24. The monoisotopic (exact) mass is 445 g/mol. The lowest BCUT2D eigenvalue weighted by Crippen LogP contribution is -2.04. The van der Waals surface area contributed by atoms with Crippen LogP contribution in [0, 0.1) is 0 Å². The number of aliphatic imine (C=N–C) groups is 1. The maximum absolute atomic E-state index is 11.9. The van der Waals surface area contributed by atoms with Gasteiger partial charge in [-0.15, -0.1) is 0 Å². The van der Waals surface area contributed by atoms with Gasteiger partial charge in [0.25, 0.3) is 10.1 Å². The molecule has 0 spiro atoms. The van der Waals surface area contributed by atoms with Gasteiger partial charge in [-0.2, -0.15) is 8.42 Å². The van der Waals surface area contributed by atoms with Gasteiger partial charge in [0.2, 0.25) is 0 Å². The highest BCUT2D eigenvalue weighted by Gasteiger charge is 2.20. The van der Waals surface area contributed by atoms with Gasteiger partial charge in [-0.25, -0.2) is 0 Å². The first-order chi connectivity index (χ1) is 15.2. The molecule has 32 heavy (non-hydrogen) atoms. The number of hydrogen-bond donors (Lipinski definition) is 1. The normalized spacial score (nSPS) is 12.6. The highest BCUT2D eigenvalue weighted by atomic mass is 32.2. The molecule has 0 bridgehead atoms. The lowest BCUT2D eigenvalue weighted by Gasteiger charge is -2.18. The van der Waals surface area contributed by atoms with E-state index in [2.05, 4.69) is 30.3 Å². The Morgan fingerprint density at radius 3 is 1.69 bits per heavy atom. The van der Waals surface area contributed by atoms with Gasteiger partial charge in [0.15, 0.2) is 0 Å². The molecule has 0 radical (unpaired) electrons. The minimum absolute atomic E-state index is 0.0330. The molecule has 0 atom stereocenters. The molecular formula is C27H27NO3S. The van der Waals surface area contributed by atoms with Crippen LogP contribution in [-0.4, -0.2) is 19.2 Å². The molecule has 164 valence electrons. The van der Waals surface area contributed by atoms with Crippen molar-refractivity contribution in [2.24, 2.45) is 4.99 Å². The average Bonchev–Trinajstić information content (AvgIpc) is 2.75. The van der Waals surface area contributed by atoms with Crippen LogP contribution in [0.1, 0.15) is 56.2 Å². The zero-order chi connectivity index (χ0) is 23.0. The molecule has 0 unspecified atom stereocenters. The van der Waals surface area contributed by atoms with Crippen molar-refractivity contribution >= 4 is 43.6 Å². The molecule has 4 rings (SSSR count). The zero-order valence-corrected chi connectivity index (χ0v) is 19.5. The summed E-state index contributed by atoms with van der Waals surface area (Å²) in [5.41, 5.74) is 3.38. The summed E-state index contributed by atoms with van der Waals surface area (Å²) < 4.78 is 33.4. The van der Waals surface area contributed by atoms with Gasteiger partial charge in [0.1, 0.15) is 0 Å². The number of hydrogen-bond acceptors (Lipinski definition) is 3. The third-order valence-corrected chi connectivity index (χ3v) is 6.65. The first-order valence-electron chi connectivity index (χ1n) is 10.8. The molecule has 0 amide bonds. The number of fused-ring (bicyclic) bond motifs is 2. The van der Waals surface area contributed by atoms with Crippen LogP contribution in [0.15, 0.2) is 76.6 Å². The second kappa shape index (κ2) is 8.49. The Balaban J connectivity index is 2.00. The van der Waals surface area contributed by atoms with E-state index in [9.17, 15) is 13.0 Å². The van der Waals surface area contributed by atoms with E-state index in [0.29, 0.717) is 0 Å². The van der Waals surface area contributed by atoms with Gasteiger partial charge < -0.3 is 0 Å². The van der Waals surface area contributed by atoms with Crippen LogP contribution in [0.25, 0.3) is 21.5 Å². The van der Waals surface area contributed by atoms with Crippen molar-refractivity contribution in [2.45, 2.75) is 44.4 Å². The fourth-order valence-corrected chi connectivity index (χ4v) is 4.70. The van der Waals surface area contributed by atoms with Crippen LogP contribution in [-0.2, 0) is 10.1 Å². The number of rotatable bonds is 5. The van der Waals surface area contributed by atoms with Crippen LogP contribution in [0.2, 0.25) is 0 Å². The van der Waals surface area contributed by atoms with E-state index in [4.69, 9.17) is 4.99 Å². The van der Waals surface area contributed by atoms with Gasteiger partial charge in [-0.3, -0.25) is 9.55 Å². The van der Waals surface area contributed by atoms with Crippen molar-refractivity contribution in [3.8, 4) is 0 Å². The minimum atomic E-state index is -4.31. The molecule has 4 aromatic carbocycles. The number of nitrogens with zero attached hydrogens (tertiary/aromatic N) is 1. The van der Waals surface area contributed by atoms with E-state index in [1.807, 2.05) is 58.2 Å². The molecule has 0 saturated heterocycles. The van der Waals surface area contributed by atoms with Crippen LogP contribution in [0.3, 0.4) is 0 Å². The van der Waals surface area contributed by atoms with Gasteiger partial charge in [-0.1, -0.05) is 76.2 Å². The molecule has 4 nitrogen and oxygen atoms in total. The average molecular weight is 446 g/mol. The largest absolute Gasteiger partial charge is 0.294 e. The third kappa shape index (κ3) is 4.18. The summed E-state index contributed by atoms with van der Waals surface area (Å²) in [5, 5.41) is 4.51. The van der Waals surface area contributed by atoms with Crippen molar-refractivity contribution < 1.29 is 13.0 Å². The van der Waals surface area contributed by atoms with Crippen molar-refractivity contribution in [1.29, 1.82) is 0 Å². The summed E-state index contributed by atoms with van der Waals surface area (Å²) in [4.78, 5) is 4.86. The zero-order valence-electron chi connectivity index (χ0n) is 18.7. The minimum Gasteiger partial charge on any atom is -0.282 e. The summed E-state index contributed by atoms with van der Waals surface area (Å²) in [6, 6.07) is 21.7. The van der Waals surface area contributed by atoms with Crippen molar-refractivity contribution in [3.05, 3.63) is 83.4 Å². The van der Waals surface area contributed by atoms with E-state index in [-0.39, 0.29) is 16.7 Å². The van der Waals surface area contributed by atoms with Crippen LogP contribution in [0.5, 0.6) is 0 Å². The first-order valence-corrected chi connectivity index (χ1v) is 12.2. The molecular weight excluding hydrogens is 418 g/mol. The van der Waals surface area contributed by atoms with Crippen molar-refractivity contribution in [2.75, 3.05) is 0 Å². The molecule has 4 aromatic rings. The fraction of sp³-hybridized carbons (Fsp3) is 0.222. The van der Waals surface area contributed by atoms with E-state index in [1.165, 1.54) is 0 Å². The lowest BCUT2D eigenvalue weighted by molar-refractivity contribution is 0.483. The highest BCUT2D eigenvalue weighted by molar-refractivity contribution is 7.85. The standard InChI is InChI=1S/C27H27NO3S/c1-17(2)24-14-21(32(29,30)31)15-25(18(3)4)27(24)28-16-26-22-11-7-5-9-19(22)13-20-10-6-8-12-23(20)26/h5-18H,1-4H3,(H,29,30,31). The highest BCUT2D eigenvalue weighted by Crippen LogP contribution is 2.38. The molecule has 0 aliphatic rings. The summed E-state index contributed by atoms with van der Waals surface area (Å²) >= 11 is 0. The van der Waals surface area contributed by atoms with Crippen molar-refractivity contribution in [3.63, 3.8) is 0 Å². The first kappa shape index (κ1) is 22.2. The molecule has 0 saturated carbocycles. The Labute approximate surface area is 189 Å². The summed E-state index contributed by atoms with van der Waals surface area (Å²) in [6.45, 7) is 8.00. The van der Waals surface area contributed by atoms with Crippen LogP contribution in [0.4, 0.5) is 5.69 Å². The van der Waals surface area contributed by atoms with E-state index in [1.54, 1.807) is 12.1 Å². The van der Waals surface area contributed by atoms with Crippen LogP contribution < -0.4 is 0 Å². The Bertz CT molecular complexity index is 1370. The summed E-state index contributed by atoms with van der Waals surface area (Å²) in [7, 11) is -4.31. The number of benzene rings is 4. The smallest absolute Gasteiger partial charge is 0.282 e. The molecule has 0 aliphatic heterocycles. The summed E-state index contributed by atoms with van der Waals surface area (Å²) in [5.74, 6) is 0.0659. The Hall–Kier alpha value is -3.02. The second-order valence-corrected chi connectivity index (χ2v) is 10.1. The van der Waals surface area contributed by atoms with E-state index < -0.39 is 10.1 Å². The lowest BCUT2D eigenvalue weighted by atomic mass is 9.92. The van der Waals surface area contributed by atoms with Gasteiger partial charge >= 0.3 is 0 Å². The Morgan fingerprint density at radius 1 is 0.781 bits per heavy atom. The second-order valence-electron chi connectivity index (χ2n) is 8.73. The molecule has 5 heteroatoms. The molecule has 0 heterocycles. The topological polar surface area (TPSA) is 66.7 Å². The molecule has 0 aromatic heterocycles. The van der Waals surface area contributed by atoms with Gasteiger partial charge in [-0.05, 0) is 62.7 Å². The molecule has 1 N–H and O–H groups in total. The van der Waals surface area contributed by atoms with Gasteiger partial charge in [0, 0.05) is 11.8 Å². The van der Waals surface area contributed by atoms with Crippen LogP contribution >= 0.6 is 0 Å². The molecule has 0 fully saturated rings. The van der Waals surface area contributed by atoms with Gasteiger partial charge in [0.05, 0.1) is 10.6 Å².